The van der Waals surface area contributed by atoms with Crippen LogP contribution in [-0.2, 0) is 0 Å². The Bertz CT molecular complexity index is 342. The summed E-state index contributed by atoms with van der Waals surface area (Å²) in [7, 11) is 0. The number of hydrogen-bond acceptors (Lipinski definition) is 3. The van der Waals surface area contributed by atoms with Crippen LogP contribution in [0.5, 0.6) is 0 Å². The first kappa shape index (κ1) is 14.0. The minimum Gasteiger partial charge on any atom is -0.329 e. The monoisotopic (exact) mass is 380 g/mol. The number of rotatable bonds is 4. The van der Waals surface area contributed by atoms with E-state index >= 15 is 0 Å². The first-order valence-corrected chi connectivity index (χ1v) is 8.52. The first-order chi connectivity index (χ1) is 8.20. The highest BCUT2D eigenvalue weighted by Crippen LogP contribution is 2.35. The number of nitrogens with two attached hydrogens (primary N) is 1. The lowest BCUT2D eigenvalue weighted by Crippen LogP contribution is -2.37. The third kappa shape index (κ3) is 3.77. The number of halogens is 2. The smallest absolute Gasteiger partial charge is 0.0843 e. The van der Waals surface area contributed by atoms with Gasteiger partial charge in [-0.05, 0) is 50.8 Å². The fourth-order valence-corrected chi connectivity index (χ4v) is 4.52. The van der Waals surface area contributed by atoms with Gasteiger partial charge in [-0.3, -0.25) is 0 Å². The topological polar surface area (TPSA) is 38.0 Å². The van der Waals surface area contributed by atoms with Gasteiger partial charge in [0.25, 0.3) is 0 Å². The number of thiophene rings is 1. The maximum Gasteiger partial charge on any atom is 0.0843 e. The normalized spacial score (nSPS) is 19.5. The minimum absolute atomic E-state index is 0.297. The van der Waals surface area contributed by atoms with Crippen LogP contribution in [0.3, 0.4) is 0 Å². The molecule has 1 fully saturated rings. The van der Waals surface area contributed by atoms with E-state index in [1.165, 1.54) is 37.0 Å². The van der Waals surface area contributed by atoms with Crippen molar-refractivity contribution in [3.8, 4) is 0 Å². The maximum atomic E-state index is 5.89. The molecule has 1 saturated carbocycles. The molecule has 1 aliphatic rings. The van der Waals surface area contributed by atoms with Crippen LogP contribution >= 0.6 is 43.2 Å². The van der Waals surface area contributed by atoms with Gasteiger partial charge in [-0.1, -0.05) is 19.3 Å². The van der Waals surface area contributed by atoms with Gasteiger partial charge < -0.3 is 11.1 Å². The van der Waals surface area contributed by atoms with E-state index in [2.05, 4.69) is 43.2 Å². The van der Waals surface area contributed by atoms with Gasteiger partial charge in [-0.2, -0.15) is 0 Å². The van der Waals surface area contributed by atoms with Crippen LogP contribution in [0.25, 0.3) is 0 Å². The molecular formula is C12H18Br2N2S. The van der Waals surface area contributed by atoms with Gasteiger partial charge in [0.1, 0.15) is 0 Å². The van der Waals surface area contributed by atoms with E-state index in [-0.39, 0.29) is 0 Å². The summed E-state index contributed by atoms with van der Waals surface area (Å²) in [5.74, 6) is 0. The Hall–Kier alpha value is 0.580. The second-order valence-electron chi connectivity index (χ2n) is 4.56. The van der Waals surface area contributed by atoms with Gasteiger partial charge >= 0.3 is 0 Å². The SMILES string of the molecule is NCC(NC1CCCCC1)c1cc(Br)c(Br)s1. The molecule has 0 bridgehead atoms. The second-order valence-corrected chi connectivity index (χ2v) is 7.82. The Labute approximate surface area is 124 Å². The molecule has 1 aromatic heterocycles. The second kappa shape index (κ2) is 6.66. The highest BCUT2D eigenvalue weighted by Gasteiger charge is 2.20. The molecule has 96 valence electrons. The zero-order valence-corrected chi connectivity index (χ0v) is 13.7. The van der Waals surface area contributed by atoms with Crippen molar-refractivity contribution in [1.29, 1.82) is 0 Å². The first-order valence-electron chi connectivity index (χ1n) is 6.11. The average Bonchev–Trinajstić information content (AvgIpc) is 2.68. The summed E-state index contributed by atoms with van der Waals surface area (Å²) in [5, 5.41) is 3.71. The molecular weight excluding hydrogens is 364 g/mol. The standard InChI is InChI=1S/C12H18Br2N2S/c13-9-6-11(17-12(9)14)10(7-15)16-8-4-2-1-3-5-8/h6,8,10,16H,1-5,7,15H2. The summed E-state index contributed by atoms with van der Waals surface area (Å²) in [4.78, 5) is 1.32. The third-order valence-corrected chi connectivity index (χ3v) is 6.66. The van der Waals surface area contributed by atoms with Crippen LogP contribution in [0, 0.1) is 0 Å². The van der Waals surface area contributed by atoms with Gasteiger partial charge in [-0.25, -0.2) is 0 Å². The van der Waals surface area contributed by atoms with Crippen LogP contribution in [0.2, 0.25) is 0 Å². The van der Waals surface area contributed by atoms with Gasteiger partial charge in [-0.15, -0.1) is 11.3 Å². The molecule has 0 amide bonds. The van der Waals surface area contributed by atoms with Crippen molar-refractivity contribution in [1.82, 2.24) is 5.32 Å². The van der Waals surface area contributed by atoms with Gasteiger partial charge in [0.2, 0.25) is 0 Å². The number of hydrogen-bond donors (Lipinski definition) is 2. The van der Waals surface area contributed by atoms with Crippen molar-refractivity contribution in [2.45, 2.75) is 44.2 Å². The van der Waals surface area contributed by atoms with E-state index in [9.17, 15) is 0 Å². The van der Waals surface area contributed by atoms with Gasteiger partial charge in [0.15, 0.2) is 0 Å². The van der Waals surface area contributed by atoms with Gasteiger partial charge in [0, 0.05) is 21.9 Å². The summed E-state index contributed by atoms with van der Waals surface area (Å²) in [6.45, 7) is 0.663. The molecule has 1 atom stereocenters. The largest absolute Gasteiger partial charge is 0.329 e. The summed E-state index contributed by atoms with van der Waals surface area (Å²) in [5.41, 5.74) is 5.89. The summed E-state index contributed by atoms with van der Waals surface area (Å²) >= 11 is 8.84. The highest BCUT2D eigenvalue weighted by molar-refractivity contribution is 9.13. The lowest BCUT2D eigenvalue weighted by molar-refractivity contribution is 0.342. The third-order valence-electron chi connectivity index (χ3n) is 3.29. The quantitative estimate of drug-likeness (QED) is 0.820. The minimum atomic E-state index is 0.297. The van der Waals surface area contributed by atoms with E-state index in [1.54, 1.807) is 11.3 Å². The van der Waals surface area contributed by atoms with E-state index in [0.29, 0.717) is 18.6 Å². The van der Waals surface area contributed by atoms with E-state index < -0.39 is 0 Å². The molecule has 1 heterocycles. The summed E-state index contributed by atoms with van der Waals surface area (Å²) in [6, 6.07) is 3.12. The Morgan fingerprint density at radius 2 is 2.06 bits per heavy atom. The molecule has 2 nitrogen and oxygen atoms in total. The number of nitrogens with one attached hydrogen (secondary N) is 1. The maximum absolute atomic E-state index is 5.89. The molecule has 0 aliphatic heterocycles. The molecule has 0 spiro atoms. The molecule has 0 aromatic carbocycles. The van der Waals surface area contributed by atoms with Crippen molar-refractivity contribution < 1.29 is 0 Å². The lowest BCUT2D eigenvalue weighted by atomic mass is 9.95. The van der Waals surface area contributed by atoms with Crippen molar-refractivity contribution in [2.24, 2.45) is 5.73 Å². The zero-order chi connectivity index (χ0) is 12.3. The predicted octanol–water partition coefficient (Wildman–Crippen LogP) is 4.20. The predicted molar refractivity (Wildman–Crippen MR) is 81.5 cm³/mol. The Balaban J connectivity index is 2.00. The van der Waals surface area contributed by atoms with Crippen LogP contribution in [0.15, 0.2) is 14.3 Å². The zero-order valence-electron chi connectivity index (χ0n) is 9.72. The van der Waals surface area contributed by atoms with E-state index in [4.69, 9.17) is 5.73 Å². The molecule has 3 N–H and O–H groups in total. The average molecular weight is 382 g/mol. The van der Waals surface area contributed by atoms with Crippen molar-refractivity contribution >= 4 is 43.2 Å². The molecule has 2 rings (SSSR count). The summed E-state index contributed by atoms with van der Waals surface area (Å²) in [6.07, 6.45) is 6.69. The van der Waals surface area contributed by atoms with Crippen LogP contribution < -0.4 is 11.1 Å². The molecule has 0 radical (unpaired) electrons. The van der Waals surface area contributed by atoms with Gasteiger partial charge in [0.05, 0.1) is 9.83 Å². The molecule has 17 heavy (non-hydrogen) atoms. The molecule has 5 heteroatoms. The van der Waals surface area contributed by atoms with E-state index in [0.717, 1.165) is 8.26 Å². The fourth-order valence-electron chi connectivity index (χ4n) is 2.36. The van der Waals surface area contributed by atoms with Crippen molar-refractivity contribution in [3.05, 3.63) is 19.2 Å². The van der Waals surface area contributed by atoms with Crippen molar-refractivity contribution in [2.75, 3.05) is 6.54 Å². The fraction of sp³-hybridized carbons (Fsp3) is 0.667. The van der Waals surface area contributed by atoms with Crippen LogP contribution in [-0.4, -0.2) is 12.6 Å². The lowest BCUT2D eigenvalue weighted by Gasteiger charge is -2.27. The molecule has 1 aliphatic carbocycles. The van der Waals surface area contributed by atoms with Crippen LogP contribution in [0.4, 0.5) is 0 Å². The summed E-state index contributed by atoms with van der Waals surface area (Å²) < 4.78 is 2.28. The van der Waals surface area contributed by atoms with Crippen LogP contribution in [0.1, 0.15) is 43.0 Å². The Kier molecular flexibility index (Phi) is 5.49. The Morgan fingerprint density at radius 3 is 2.59 bits per heavy atom. The van der Waals surface area contributed by atoms with Crippen molar-refractivity contribution in [3.63, 3.8) is 0 Å². The molecule has 1 unspecified atom stereocenters. The van der Waals surface area contributed by atoms with E-state index in [1.807, 2.05) is 0 Å². The molecule has 1 aromatic rings. The molecule has 0 saturated heterocycles. The highest BCUT2D eigenvalue weighted by atomic mass is 79.9. The Morgan fingerprint density at radius 1 is 1.35 bits per heavy atom.